The maximum Gasteiger partial charge on any atom is 0.279 e. The Morgan fingerprint density at radius 3 is 2.60 bits per heavy atom. The SMILES string of the molecule is CC1CC1CNS(=O)(=O)N1CCCC(CNC2CC2)C1. The molecule has 6 heteroatoms. The Balaban J connectivity index is 1.46. The van der Waals surface area contributed by atoms with Crippen LogP contribution in [0.25, 0.3) is 0 Å². The average Bonchev–Trinajstić information content (AvgIpc) is 3.32. The minimum absolute atomic E-state index is 0.473. The summed E-state index contributed by atoms with van der Waals surface area (Å²) in [6.07, 6.45) is 5.87. The Hall–Kier alpha value is -0.170. The zero-order valence-electron chi connectivity index (χ0n) is 12.3. The van der Waals surface area contributed by atoms with Crippen molar-refractivity contribution in [1.29, 1.82) is 0 Å². The lowest BCUT2D eigenvalue weighted by atomic mass is 10.00. The third-order valence-electron chi connectivity index (χ3n) is 4.90. The van der Waals surface area contributed by atoms with Gasteiger partial charge in [0, 0.05) is 25.7 Å². The number of hydrogen-bond donors (Lipinski definition) is 2. The number of hydrogen-bond acceptors (Lipinski definition) is 3. The van der Waals surface area contributed by atoms with Crippen molar-refractivity contribution in [3.63, 3.8) is 0 Å². The van der Waals surface area contributed by atoms with Crippen LogP contribution in [0.4, 0.5) is 0 Å². The normalized spacial score (nSPS) is 35.1. The highest BCUT2D eigenvalue weighted by Gasteiger charge is 2.35. The Labute approximate surface area is 122 Å². The summed E-state index contributed by atoms with van der Waals surface area (Å²) in [6, 6.07) is 0.705. The van der Waals surface area contributed by atoms with Crippen molar-refractivity contribution >= 4 is 10.2 Å². The van der Waals surface area contributed by atoms with Crippen LogP contribution in [0.1, 0.15) is 39.0 Å². The summed E-state index contributed by atoms with van der Waals surface area (Å²) in [7, 11) is -3.26. The highest BCUT2D eigenvalue weighted by atomic mass is 32.2. The Kier molecular flexibility index (Phi) is 4.36. The molecule has 1 saturated heterocycles. The first-order valence-corrected chi connectivity index (χ1v) is 9.47. The lowest BCUT2D eigenvalue weighted by molar-refractivity contribution is 0.257. The molecule has 0 bridgehead atoms. The zero-order chi connectivity index (χ0) is 14.2. The average molecular weight is 301 g/mol. The highest BCUT2D eigenvalue weighted by molar-refractivity contribution is 7.87. The molecular formula is C14H27N3O2S. The van der Waals surface area contributed by atoms with Gasteiger partial charge in [0.15, 0.2) is 0 Å². The number of rotatable bonds is 7. The van der Waals surface area contributed by atoms with Gasteiger partial charge in [0.1, 0.15) is 0 Å². The molecule has 3 aliphatic rings. The molecule has 20 heavy (non-hydrogen) atoms. The van der Waals surface area contributed by atoms with E-state index in [9.17, 15) is 8.42 Å². The van der Waals surface area contributed by atoms with Crippen molar-refractivity contribution in [2.24, 2.45) is 17.8 Å². The monoisotopic (exact) mass is 301 g/mol. The molecule has 0 amide bonds. The summed E-state index contributed by atoms with van der Waals surface area (Å²) in [5, 5.41) is 3.52. The van der Waals surface area contributed by atoms with E-state index >= 15 is 0 Å². The molecule has 0 radical (unpaired) electrons. The van der Waals surface area contributed by atoms with E-state index in [1.165, 1.54) is 12.8 Å². The first-order chi connectivity index (χ1) is 9.54. The predicted octanol–water partition coefficient (Wildman–Crippen LogP) is 0.941. The molecule has 3 rings (SSSR count). The Morgan fingerprint density at radius 2 is 1.95 bits per heavy atom. The largest absolute Gasteiger partial charge is 0.314 e. The standard InChI is InChI=1S/C14H27N3O2S/c1-11-7-13(11)9-16-20(18,19)17-6-2-3-12(10-17)8-15-14-4-5-14/h11-16H,2-10H2,1H3. The summed E-state index contributed by atoms with van der Waals surface area (Å²) >= 11 is 0. The lowest BCUT2D eigenvalue weighted by Gasteiger charge is -2.32. The van der Waals surface area contributed by atoms with Gasteiger partial charge in [0.25, 0.3) is 10.2 Å². The zero-order valence-corrected chi connectivity index (χ0v) is 13.2. The van der Waals surface area contributed by atoms with Gasteiger partial charge in [-0.1, -0.05) is 6.92 Å². The molecule has 2 N–H and O–H groups in total. The summed E-state index contributed by atoms with van der Waals surface area (Å²) in [5.41, 5.74) is 0. The minimum atomic E-state index is -3.26. The smallest absolute Gasteiger partial charge is 0.279 e. The van der Waals surface area contributed by atoms with Gasteiger partial charge in [-0.2, -0.15) is 12.7 Å². The van der Waals surface area contributed by atoms with Gasteiger partial charge in [0.05, 0.1) is 0 Å². The van der Waals surface area contributed by atoms with Crippen LogP contribution in [-0.2, 0) is 10.2 Å². The van der Waals surface area contributed by atoms with Crippen LogP contribution in [0.15, 0.2) is 0 Å². The number of nitrogens with one attached hydrogen (secondary N) is 2. The van der Waals surface area contributed by atoms with Crippen LogP contribution in [0.3, 0.4) is 0 Å². The second kappa shape index (κ2) is 5.91. The van der Waals surface area contributed by atoms with E-state index in [1.807, 2.05) is 0 Å². The van der Waals surface area contributed by atoms with Gasteiger partial charge < -0.3 is 5.32 Å². The fourth-order valence-corrected chi connectivity index (χ4v) is 4.40. The van der Waals surface area contributed by atoms with Crippen molar-refractivity contribution < 1.29 is 8.42 Å². The number of nitrogens with zero attached hydrogens (tertiary/aromatic N) is 1. The second-order valence-corrected chi connectivity index (χ2v) is 8.63. The Morgan fingerprint density at radius 1 is 1.20 bits per heavy atom. The van der Waals surface area contributed by atoms with Crippen LogP contribution in [0.2, 0.25) is 0 Å². The molecule has 2 aliphatic carbocycles. The van der Waals surface area contributed by atoms with Crippen LogP contribution >= 0.6 is 0 Å². The molecule has 0 spiro atoms. The molecule has 1 aliphatic heterocycles. The van der Waals surface area contributed by atoms with E-state index in [-0.39, 0.29) is 0 Å². The van der Waals surface area contributed by atoms with Crippen LogP contribution < -0.4 is 10.0 Å². The maximum absolute atomic E-state index is 12.3. The first-order valence-electron chi connectivity index (χ1n) is 8.02. The molecule has 3 unspecified atom stereocenters. The third kappa shape index (κ3) is 3.93. The highest BCUT2D eigenvalue weighted by Crippen LogP contribution is 2.37. The summed E-state index contributed by atoms with van der Waals surface area (Å²) in [6.45, 7) is 5.12. The number of piperidine rings is 1. The first kappa shape index (κ1) is 14.8. The molecule has 0 aromatic carbocycles. The summed E-state index contributed by atoms with van der Waals surface area (Å²) in [4.78, 5) is 0. The van der Waals surface area contributed by atoms with Gasteiger partial charge in [-0.25, -0.2) is 4.72 Å². The molecule has 0 aromatic heterocycles. The van der Waals surface area contributed by atoms with Crippen molar-refractivity contribution in [3.05, 3.63) is 0 Å². The van der Waals surface area contributed by atoms with Gasteiger partial charge >= 0.3 is 0 Å². The molecule has 2 saturated carbocycles. The maximum atomic E-state index is 12.3. The van der Waals surface area contributed by atoms with E-state index in [1.54, 1.807) is 4.31 Å². The molecule has 0 aromatic rings. The fraction of sp³-hybridized carbons (Fsp3) is 1.00. The molecule has 1 heterocycles. The predicted molar refractivity (Wildman–Crippen MR) is 79.5 cm³/mol. The Bertz CT molecular complexity index is 436. The third-order valence-corrected chi connectivity index (χ3v) is 6.44. The van der Waals surface area contributed by atoms with Crippen LogP contribution in [-0.4, -0.2) is 44.9 Å². The van der Waals surface area contributed by atoms with E-state index in [0.717, 1.165) is 25.8 Å². The molecular weight excluding hydrogens is 274 g/mol. The molecule has 3 atom stereocenters. The van der Waals surface area contributed by atoms with Crippen molar-refractivity contribution in [1.82, 2.24) is 14.3 Å². The van der Waals surface area contributed by atoms with Gasteiger partial charge in [-0.3, -0.25) is 0 Å². The van der Waals surface area contributed by atoms with Gasteiger partial charge in [-0.05, 0) is 56.4 Å². The van der Waals surface area contributed by atoms with Crippen LogP contribution in [0.5, 0.6) is 0 Å². The summed E-state index contributed by atoms with van der Waals surface area (Å²) < 4.78 is 29.1. The lowest BCUT2D eigenvalue weighted by Crippen LogP contribution is -2.48. The van der Waals surface area contributed by atoms with E-state index in [2.05, 4.69) is 17.0 Å². The van der Waals surface area contributed by atoms with Crippen molar-refractivity contribution in [3.8, 4) is 0 Å². The fourth-order valence-electron chi connectivity index (χ4n) is 3.02. The van der Waals surface area contributed by atoms with Gasteiger partial charge in [0.2, 0.25) is 0 Å². The molecule has 5 nitrogen and oxygen atoms in total. The molecule has 116 valence electrons. The topological polar surface area (TPSA) is 61.4 Å². The second-order valence-electron chi connectivity index (χ2n) is 6.88. The van der Waals surface area contributed by atoms with E-state index in [4.69, 9.17) is 0 Å². The molecule has 3 fully saturated rings. The van der Waals surface area contributed by atoms with E-state index < -0.39 is 10.2 Å². The van der Waals surface area contributed by atoms with Crippen molar-refractivity contribution in [2.45, 2.75) is 45.1 Å². The minimum Gasteiger partial charge on any atom is -0.314 e. The summed E-state index contributed by atoms with van der Waals surface area (Å²) in [5.74, 6) is 1.72. The quantitative estimate of drug-likeness (QED) is 0.736. The van der Waals surface area contributed by atoms with Crippen LogP contribution in [0, 0.1) is 17.8 Å². The van der Waals surface area contributed by atoms with Crippen molar-refractivity contribution in [2.75, 3.05) is 26.2 Å². The van der Waals surface area contributed by atoms with Gasteiger partial charge in [-0.15, -0.1) is 0 Å². The van der Waals surface area contributed by atoms with E-state index in [0.29, 0.717) is 43.4 Å².